The summed E-state index contributed by atoms with van der Waals surface area (Å²) in [4.78, 5) is 8.86. The molecule has 6 heteroatoms. The Bertz CT molecular complexity index is 862. The van der Waals surface area contributed by atoms with E-state index in [1.807, 2.05) is 12.5 Å². The molecule has 0 radical (unpaired) electrons. The zero-order valence-electron chi connectivity index (χ0n) is 17.1. The molecule has 0 saturated carbocycles. The lowest BCUT2D eigenvalue weighted by atomic mass is 10.0. The summed E-state index contributed by atoms with van der Waals surface area (Å²) in [5, 5.41) is 6.80. The Kier molecular flexibility index (Phi) is 9.70. The topological polar surface area (TPSA) is 54.2 Å². The Morgan fingerprint density at radius 1 is 1.07 bits per heavy atom. The Hall–Kier alpha value is -2.35. The van der Waals surface area contributed by atoms with E-state index in [1.165, 1.54) is 16.7 Å². The number of rotatable bonds is 8. The van der Waals surface area contributed by atoms with Gasteiger partial charge in [0.05, 0.1) is 12.9 Å². The molecule has 1 heterocycles. The molecule has 2 N–H and O–H groups in total. The van der Waals surface area contributed by atoms with Crippen molar-refractivity contribution in [3.63, 3.8) is 0 Å². The summed E-state index contributed by atoms with van der Waals surface area (Å²) in [7, 11) is 0. The number of nitrogens with zero attached hydrogens (tertiary/aromatic N) is 3. The Balaban J connectivity index is 0.00000300. The molecule has 0 fully saturated rings. The van der Waals surface area contributed by atoms with E-state index in [2.05, 4.69) is 88.6 Å². The van der Waals surface area contributed by atoms with Gasteiger partial charge in [-0.1, -0.05) is 61.5 Å². The van der Waals surface area contributed by atoms with E-state index in [1.54, 1.807) is 6.20 Å². The number of hydrogen-bond acceptors (Lipinski definition) is 2. The van der Waals surface area contributed by atoms with Gasteiger partial charge >= 0.3 is 0 Å². The minimum absolute atomic E-state index is 0. The third kappa shape index (κ3) is 7.53. The fraction of sp³-hybridized carbons (Fsp3) is 0.304. The first-order valence-corrected chi connectivity index (χ1v) is 9.85. The van der Waals surface area contributed by atoms with Crippen LogP contribution in [-0.2, 0) is 13.1 Å². The van der Waals surface area contributed by atoms with Gasteiger partial charge in [-0.05, 0) is 29.5 Å². The summed E-state index contributed by atoms with van der Waals surface area (Å²) in [5.41, 5.74) is 3.78. The maximum atomic E-state index is 4.76. The third-order valence-corrected chi connectivity index (χ3v) is 4.62. The molecular weight excluding hydrogens is 473 g/mol. The van der Waals surface area contributed by atoms with Crippen LogP contribution in [0.3, 0.4) is 0 Å². The van der Waals surface area contributed by atoms with Gasteiger partial charge in [0.15, 0.2) is 5.96 Å². The molecular formula is C23H30IN5. The SMILES string of the molecule is CCNC(=NCc1cccc(Cn2ccnc2)c1)NCC(C)c1ccccc1.I. The highest BCUT2D eigenvalue weighted by molar-refractivity contribution is 14.0. The molecule has 0 saturated heterocycles. The van der Waals surface area contributed by atoms with Crippen molar-refractivity contribution in [1.29, 1.82) is 0 Å². The molecule has 1 aromatic heterocycles. The minimum Gasteiger partial charge on any atom is -0.357 e. The Morgan fingerprint density at radius 3 is 2.59 bits per heavy atom. The maximum Gasteiger partial charge on any atom is 0.191 e. The van der Waals surface area contributed by atoms with Crippen molar-refractivity contribution in [3.05, 3.63) is 90.0 Å². The second kappa shape index (κ2) is 12.3. The number of imidazole rings is 1. The Labute approximate surface area is 190 Å². The van der Waals surface area contributed by atoms with Gasteiger partial charge in [0.1, 0.15) is 0 Å². The largest absolute Gasteiger partial charge is 0.357 e. The van der Waals surface area contributed by atoms with Crippen LogP contribution in [0, 0.1) is 0 Å². The summed E-state index contributed by atoms with van der Waals surface area (Å²) >= 11 is 0. The molecule has 0 aliphatic rings. The lowest BCUT2D eigenvalue weighted by Gasteiger charge is -2.16. The average Bonchev–Trinajstić information content (AvgIpc) is 3.24. The first-order valence-electron chi connectivity index (χ1n) is 9.85. The molecule has 1 unspecified atom stereocenters. The fourth-order valence-corrected chi connectivity index (χ4v) is 3.08. The van der Waals surface area contributed by atoms with Gasteiger partial charge in [0.25, 0.3) is 0 Å². The number of benzene rings is 2. The molecule has 1 atom stereocenters. The zero-order chi connectivity index (χ0) is 19.6. The number of hydrogen-bond donors (Lipinski definition) is 2. The summed E-state index contributed by atoms with van der Waals surface area (Å²) in [6.45, 7) is 7.47. The van der Waals surface area contributed by atoms with Crippen LogP contribution in [0.1, 0.15) is 36.5 Å². The van der Waals surface area contributed by atoms with E-state index >= 15 is 0 Å². The van der Waals surface area contributed by atoms with Crippen LogP contribution in [0.15, 0.2) is 78.3 Å². The standard InChI is InChI=1S/C23H29N5.HI/c1-3-25-23(26-15-19(2)22-10-5-4-6-11-22)27-16-20-8-7-9-21(14-20)17-28-13-12-24-18-28;/h4-14,18-19H,3,15-17H2,1-2H3,(H2,25,26,27);1H. The smallest absolute Gasteiger partial charge is 0.191 e. The molecule has 2 aromatic carbocycles. The fourth-order valence-electron chi connectivity index (χ4n) is 3.08. The number of guanidine groups is 1. The summed E-state index contributed by atoms with van der Waals surface area (Å²) in [6.07, 6.45) is 5.62. The summed E-state index contributed by atoms with van der Waals surface area (Å²) in [6, 6.07) is 19.1. The summed E-state index contributed by atoms with van der Waals surface area (Å²) in [5.74, 6) is 1.27. The second-order valence-electron chi connectivity index (χ2n) is 6.94. The van der Waals surface area contributed by atoms with Crippen molar-refractivity contribution in [2.45, 2.75) is 32.9 Å². The van der Waals surface area contributed by atoms with Gasteiger partial charge < -0.3 is 15.2 Å². The molecule has 3 aromatic rings. The molecule has 0 spiro atoms. The van der Waals surface area contributed by atoms with Gasteiger partial charge in [0.2, 0.25) is 0 Å². The quantitative estimate of drug-likeness (QED) is 0.272. The molecule has 29 heavy (non-hydrogen) atoms. The van der Waals surface area contributed by atoms with Crippen molar-refractivity contribution in [3.8, 4) is 0 Å². The van der Waals surface area contributed by atoms with Gasteiger partial charge in [-0.25, -0.2) is 9.98 Å². The number of nitrogens with one attached hydrogen (secondary N) is 2. The van der Waals surface area contributed by atoms with Crippen LogP contribution in [-0.4, -0.2) is 28.6 Å². The van der Waals surface area contributed by atoms with E-state index in [-0.39, 0.29) is 24.0 Å². The third-order valence-electron chi connectivity index (χ3n) is 4.62. The van der Waals surface area contributed by atoms with Crippen LogP contribution in [0.2, 0.25) is 0 Å². The van der Waals surface area contributed by atoms with E-state index in [9.17, 15) is 0 Å². The highest BCUT2D eigenvalue weighted by Crippen LogP contribution is 2.13. The Morgan fingerprint density at radius 2 is 1.86 bits per heavy atom. The van der Waals surface area contributed by atoms with E-state index in [0.29, 0.717) is 12.5 Å². The van der Waals surface area contributed by atoms with Gasteiger partial charge in [-0.2, -0.15) is 0 Å². The van der Waals surface area contributed by atoms with E-state index in [4.69, 9.17) is 4.99 Å². The minimum atomic E-state index is 0. The molecule has 0 amide bonds. The van der Waals surface area contributed by atoms with Crippen LogP contribution in [0.25, 0.3) is 0 Å². The number of aromatic nitrogens is 2. The van der Waals surface area contributed by atoms with Crippen molar-refractivity contribution in [2.75, 3.05) is 13.1 Å². The predicted octanol–water partition coefficient (Wildman–Crippen LogP) is 4.41. The zero-order valence-corrected chi connectivity index (χ0v) is 19.4. The van der Waals surface area contributed by atoms with Gasteiger partial charge in [-0.15, -0.1) is 24.0 Å². The van der Waals surface area contributed by atoms with Crippen molar-refractivity contribution < 1.29 is 0 Å². The first-order chi connectivity index (χ1) is 13.7. The van der Waals surface area contributed by atoms with Crippen LogP contribution < -0.4 is 10.6 Å². The monoisotopic (exact) mass is 503 g/mol. The molecule has 154 valence electrons. The average molecular weight is 503 g/mol. The van der Waals surface area contributed by atoms with Crippen molar-refractivity contribution in [1.82, 2.24) is 20.2 Å². The highest BCUT2D eigenvalue weighted by atomic mass is 127. The predicted molar refractivity (Wildman–Crippen MR) is 131 cm³/mol. The normalized spacial score (nSPS) is 12.1. The molecule has 0 aliphatic carbocycles. The van der Waals surface area contributed by atoms with Crippen molar-refractivity contribution in [2.24, 2.45) is 4.99 Å². The van der Waals surface area contributed by atoms with E-state index in [0.717, 1.165) is 25.6 Å². The maximum absolute atomic E-state index is 4.76. The number of aliphatic imine (C=N–C) groups is 1. The van der Waals surface area contributed by atoms with Gasteiger partial charge in [-0.3, -0.25) is 0 Å². The van der Waals surface area contributed by atoms with Crippen LogP contribution >= 0.6 is 24.0 Å². The van der Waals surface area contributed by atoms with Crippen LogP contribution in [0.4, 0.5) is 0 Å². The lowest BCUT2D eigenvalue weighted by molar-refractivity contribution is 0.699. The van der Waals surface area contributed by atoms with Crippen LogP contribution in [0.5, 0.6) is 0 Å². The first kappa shape index (κ1) is 22.9. The second-order valence-corrected chi connectivity index (χ2v) is 6.94. The molecule has 0 aliphatic heterocycles. The molecule has 0 bridgehead atoms. The van der Waals surface area contributed by atoms with Crippen molar-refractivity contribution >= 4 is 29.9 Å². The van der Waals surface area contributed by atoms with Gasteiger partial charge in [0, 0.05) is 32.0 Å². The lowest BCUT2D eigenvalue weighted by Crippen LogP contribution is -2.39. The number of halogens is 1. The van der Waals surface area contributed by atoms with E-state index < -0.39 is 0 Å². The molecule has 3 rings (SSSR count). The molecule has 5 nitrogen and oxygen atoms in total. The summed E-state index contributed by atoms with van der Waals surface area (Å²) < 4.78 is 2.07. The highest BCUT2D eigenvalue weighted by Gasteiger charge is 2.06.